The molecule has 1 unspecified atom stereocenters. The number of carbonyl (C=O) groups excluding carboxylic acids is 1. The number of pyridine rings is 1. The van der Waals surface area contributed by atoms with Crippen LogP contribution in [0.3, 0.4) is 0 Å². The van der Waals surface area contributed by atoms with Gasteiger partial charge in [-0.05, 0) is 29.3 Å². The van der Waals surface area contributed by atoms with Crippen LogP contribution in [-0.4, -0.2) is 32.6 Å². The summed E-state index contributed by atoms with van der Waals surface area (Å²) < 4.78 is 0. The third-order valence-corrected chi connectivity index (χ3v) is 4.30. The molecule has 0 spiro atoms. The fraction of sp³-hybridized carbons (Fsp3) is 0.188. The van der Waals surface area contributed by atoms with E-state index in [0.717, 1.165) is 5.56 Å². The van der Waals surface area contributed by atoms with Gasteiger partial charge in [0.15, 0.2) is 5.69 Å². The van der Waals surface area contributed by atoms with Gasteiger partial charge in [-0.1, -0.05) is 23.7 Å². The zero-order valence-corrected chi connectivity index (χ0v) is 12.7. The molecule has 0 saturated heterocycles. The molecular formula is C16H13ClN2O4. The number of aromatic hydroxyl groups is 1. The first-order valence-corrected chi connectivity index (χ1v) is 7.27. The minimum Gasteiger partial charge on any atom is -0.505 e. The molecule has 3 N–H and O–H groups in total. The van der Waals surface area contributed by atoms with Crippen LogP contribution in [0.25, 0.3) is 0 Å². The minimum absolute atomic E-state index is 0.0800. The topological polar surface area (TPSA) is 99.5 Å². The lowest BCUT2D eigenvalue weighted by atomic mass is 9.95. The summed E-state index contributed by atoms with van der Waals surface area (Å²) in [5.74, 6) is -2.21. The first-order valence-electron chi connectivity index (χ1n) is 6.89. The quantitative estimate of drug-likeness (QED) is 0.795. The van der Waals surface area contributed by atoms with Crippen molar-refractivity contribution >= 4 is 23.5 Å². The molecule has 1 aliphatic rings. The Morgan fingerprint density at radius 1 is 1.22 bits per heavy atom. The van der Waals surface area contributed by atoms with Crippen molar-refractivity contribution < 1.29 is 19.8 Å². The lowest BCUT2D eigenvalue weighted by Gasteiger charge is -2.25. The van der Waals surface area contributed by atoms with Crippen LogP contribution in [0.4, 0.5) is 0 Å². The Balaban J connectivity index is 1.93. The average Bonchev–Trinajstić information content (AvgIpc) is 2.89. The molecule has 118 valence electrons. The predicted octanol–water partition coefficient (Wildman–Crippen LogP) is 1.79. The largest absolute Gasteiger partial charge is 0.505 e. The number of benzene rings is 1. The fourth-order valence-corrected chi connectivity index (χ4v) is 3.06. The molecule has 0 bridgehead atoms. The Morgan fingerprint density at radius 3 is 2.65 bits per heavy atom. The van der Waals surface area contributed by atoms with E-state index in [1.54, 1.807) is 18.2 Å². The maximum absolute atomic E-state index is 12.3. The zero-order chi connectivity index (χ0) is 16.6. The Hall–Kier alpha value is -2.60. The molecule has 6 nitrogen and oxygen atoms in total. The van der Waals surface area contributed by atoms with E-state index in [0.29, 0.717) is 10.6 Å². The van der Waals surface area contributed by atoms with Crippen molar-refractivity contribution in [3.8, 4) is 5.75 Å². The molecule has 0 saturated carbocycles. The molecule has 0 radical (unpaired) electrons. The Bertz CT molecular complexity index is 808. The van der Waals surface area contributed by atoms with Gasteiger partial charge in [0.05, 0.1) is 0 Å². The first-order chi connectivity index (χ1) is 10.9. The number of nitrogens with one attached hydrogen (secondary N) is 1. The molecule has 1 amide bonds. The number of carboxylic acid groups (broad SMARTS) is 1. The van der Waals surface area contributed by atoms with E-state index in [4.69, 9.17) is 11.6 Å². The van der Waals surface area contributed by atoms with E-state index < -0.39 is 17.4 Å². The summed E-state index contributed by atoms with van der Waals surface area (Å²) in [6.45, 7) is 0. The van der Waals surface area contributed by atoms with E-state index in [9.17, 15) is 19.8 Å². The Morgan fingerprint density at radius 2 is 2.00 bits per heavy atom. The minimum atomic E-state index is -1.51. The van der Waals surface area contributed by atoms with Crippen LogP contribution in [0, 0.1) is 0 Å². The van der Waals surface area contributed by atoms with Crippen molar-refractivity contribution in [1.82, 2.24) is 10.3 Å². The van der Waals surface area contributed by atoms with Gasteiger partial charge in [-0.15, -0.1) is 0 Å². The van der Waals surface area contributed by atoms with Gasteiger partial charge in [-0.25, -0.2) is 9.78 Å². The normalized spacial score (nSPS) is 19.2. The molecule has 7 heteroatoms. The number of nitrogens with zero attached hydrogens (tertiary/aromatic N) is 1. The van der Waals surface area contributed by atoms with E-state index in [-0.39, 0.29) is 24.3 Å². The molecule has 1 atom stereocenters. The van der Waals surface area contributed by atoms with E-state index in [2.05, 4.69) is 10.3 Å². The number of fused-ring (bicyclic) bond motifs is 1. The summed E-state index contributed by atoms with van der Waals surface area (Å²) in [6, 6.07) is 8.01. The highest BCUT2D eigenvalue weighted by atomic mass is 35.5. The van der Waals surface area contributed by atoms with E-state index in [1.807, 2.05) is 0 Å². The second-order valence-corrected chi connectivity index (χ2v) is 5.85. The lowest BCUT2D eigenvalue weighted by Crippen LogP contribution is -2.55. The van der Waals surface area contributed by atoms with Crippen LogP contribution in [0.5, 0.6) is 5.75 Å². The van der Waals surface area contributed by atoms with Crippen LogP contribution in [0.1, 0.15) is 21.6 Å². The third kappa shape index (κ3) is 2.61. The third-order valence-electron chi connectivity index (χ3n) is 3.95. The fourth-order valence-electron chi connectivity index (χ4n) is 2.80. The Kier molecular flexibility index (Phi) is 3.69. The summed E-state index contributed by atoms with van der Waals surface area (Å²) in [6.07, 6.45) is 1.55. The van der Waals surface area contributed by atoms with Gasteiger partial charge in [0, 0.05) is 24.1 Å². The molecule has 0 aliphatic heterocycles. The molecule has 1 aromatic carbocycles. The van der Waals surface area contributed by atoms with Gasteiger partial charge in [0.25, 0.3) is 5.91 Å². The predicted molar refractivity (Wildman–Crippen MR) is 82.6 cm³/mol. The van der Waals surface area contributed by atoms with Gasteiger partial charge < -0.3 is 15.5 Å². The van der Waals surface area contributed by atoms with Crippen molar-refractivity contribution in [3.05, 3.63) is 58.4 Å². The van der Waals surface area contributed by atoms with Crippen molar-refractivity contribution in [3.63, 3.8) is 0 Å². The van der Waals surface area contributed by atoms with Crippen LogP contribution in [0.2, 0.25) is 5.02 Å². The molecule has 1 heterocycles. The number of hydrogen-bond acceptors (Lipinski definition) is 4. The average molecular weight is 333 g/mol. The number of amides is 1. The number of halogens is 1. The van der Waals surface area contributed by atoms with E-state index >= 15 is 0 Å². The van der Waals surface area contributed by atoms with Crippen molar-refractivity contribution in [2.45, 2.75) is 18.4 Å². The van der Waals surface area contributed by atoms with Crippen molar-refractivity contribution in [2.24, 2.45) is 0 Å². The summed E-state index contributed by atoms with van der Waals surface area (Å²) in [5.41, 5.74) is -0.225. The Labute approximate surface area is 136 Å². The summed E-state index contributed by atoms with van der Waals surface area (Å²) in [4.78, 5) is 27.9. The molecular weight excluding hydrogens is 320 g/mol. The monoisotopic (exact) mass is 332 g/mol. The molecule has 2 aromatic rings. The molecule has 1 aromatic heterocycles. The molecule has 23 heavy (non-hydrogen) atoms. The molecule has 0 fully saturated rings. The highest BCUT2D eigenvalue weighted by Crippen LogP contribution is 2.35. The van der Waals surface area contributed by atoms with Gasteiger partial charge in [0.1, 0.15) is 11.3 Å². The number of aliphatic carboxylic acids is 1. The highest BCUT2D eigenvalue weighted by Gasteiger charge is 2.46. The van der Waals surface area contributed by atoms with Gasteiger partial charge in [-0.2, -0.15) is 0 Å². The van der Waals surface area contributed by atoms with Crippen molar-refractivity contribution in [2.75, 3.05) is 0 Å². The number of rotatable bonds is 3. The second-order valence-electron chi connectivity index (χ2n) is 5.44. The van der Waals surface area contributed by atoms with E-state index in [1.165, 1.54) is 18.3 Å². The van der Waals surface area contributed by atoms with Crippen LogP contribution >= 0.6 is 11.6 Å². The summed E-state index contributed by atoms with van der Waals surface area (Å²) in [7, 11) is 0. The number of hydrogen-bond donors (Lipinski definition) is 3. The van der Waals surface area contributed by atoms with Crippen LogP contribution in [0.15, 0.2) is 36.5 Å². The summed E-state index contributed by atoms with van der Waals surface area (Å²) >= 11 is 6.12. The lowest BCUT2D eigenvalue weighted by molar-refractivity contribution is -0.144. The van der Waals surface area contributed by atoms with Gasteiger partial charge in [-0.3, -0.25) is 4.79 Å². The SMILES string of the molecule is O=C(NC1(C(=O)O)Cc2cccc(Cl)c2C1)c1ncccc1O. The van der Waals surface area contributed by atoms with Gasteiger partial charge in [0.2, 0.25) is 0 Å². The number of aromatic nitrogens is 1. The highest BCUT2D eigenvalue weighted by molar-refractivity contribution is 6.31. The maximum Gasteiger partial charge on any atom is 0.330 e. The molecule has 1 aliphatic carbocycles. The summed E-state index contributed by atoms with van der Waals surface area (Å²) in [5, 5.41) is 22.3. The van der Waals surface area contributed by atoms with Crippen molar-refractivity contribution in [1.29, 1.82) is 0 Å². The van der Waals surface area contributed by atoms with Gasteiger partial charge >= 0.3 is 5.97 Å². The first kappa shape index (κ1) is 15.3. The molecule has 3 rings (SSSR count). The van der Waals surface area contributed by atoms with Crippen LogP contribution < -0.4 is 5.32 Å². The maximum atomic E-state index is 12.3. The second kappa shape index (κ2) is 5.55. The number of carbonyl (C=O) groups is 2. The smallest absolute Gasteiger partial charge is 0.330 e. The number of carboxylic acids is 1. The van der Waals surface area contributed by atoms with Crippen LogP contribution in [-0.2, 0) is 17.6 Å². The standard InChI is InChI=1S/C16H13ClN2O4/c17-11-4-1-3-9-7-16(15(22)23,8-10(9)11)19-14(21)13-12(20)5-2-6-18-13/h1-6,20H,7-8H2,(H,19,21)(H,22,23). The zero-order valence-electron chi connectivity index (χ0n) is 11.9.